The molecule has 3 nitrogen and oxygen atoms in total. The first-order valence-electron chi connectivity index (χ1n) is 6.89. The Hall–Kier alpha value is -1.94. The van der Waals surface area contributed by atoms with Crippen molar-refractivity contribution in [1.82, 2.24) is 9.78 Å². The molecule has 0 N–H and O–H groups in total. The van der Waals surface area contributed by atoms with Gasteiger partial charge in [0.25, 0.3) is 6.33 Å². The fraction of sp³-hybridized carbons (Fsp3) is 0.176. The number of halogens is 1. The Morgan fingerprint density at radius 1 is 0.857 bits per heavy atom. The van der Waals surface area contributed by atoms with E-state index in [1.165, 1.54) is 11.1 Å². The standard InChI is InChI=1S/C17H18N3.BrH/c1-3-7-16(8-4-1)11-12-19-14-18-20(15-19)13-17-9-5-2-6-10-17;/h1-10,14-15H,11-13H2;1H/q+1;/p-1. The smallest absolute Gasteiger partial charge is 0.265 e. The molecule has 3 rings (SSSR count). The summed E-state index contributed by atoms with van der Waals surface area (Å²) in [6.07, 6.45) is 4.99. The van der Waals surface area contributed by atoms with Gasteiger partial charge in [-0.25, -0.2) is 4.57 Å². The van der Waals surface area contributed by atoms with Crippen molar-refractivity contribution in [2.24, 2.45) is 0 Å². The van der Waals surface area contributed by atoms with Crippen LogP contribution in [0.1, 0.15) is 11.1 Å². The zero-order valence-corrected chi connectivity index (χ0v) is 13.4. The van der Waals surface area contributed by atoms with Crippen LogP contribution in [0, 0.1) is 0 Å². The van der Waals surface area contributed by atoms with Gasteiger partial charge in [0, 0.05) is 11.5 Å². The van der Waals surface area contributed by atoms with Crippen molar-refractivity contribution < 1.29 is 21.5 Å². The van der Waals surface area contributed by atoms with E-state index in [-0.39, 0.29) is 17.0 Å². The van der Waals surface area contributed by atoms with Crippen LogP contribution in [0.4, 0.5) is 0 Å². The van der Waals surface area contributed by atoms with E-state index in [1.54, 1.807) is 0 Å². The molecule has 0 unspecified atom stereocenters. The highest BCUT2D eigenvalue weighted by molar-refractivity contribution is 5.15. The Labute approximate surface area is 135 Å². The Kier molecular flexibility index (Phi) is 5.69. The molecule has 1 aromatic heterocycles. The quantitative estimate of drug-likeness (QED) is 0.570. The summed E-state index contributed by atoms with van der Waals surface area (Å²) in [4.78, 5) is 0. The van der Waals surface area contributed by atoms with Crippen molar-refractivity contribution in [2.75, 3.05) is 0 Å². The summed E-state index contributed by atoms with van der Waals surface area (Å²) in [5, 5.41) is 4.40. The maximum Gasteiger partial charge on any atom is 0.265 e. The molecule has 0 saturated heterocycles. The highest BCUT2D eigenvalue weighted by atomic mass is 79.9. The molecule has 3 aromatic rings. The Bertz CT molecular complexity index is 650. The molecule has 0 spiro atoms. The first kappa shape index (κ1) is 15.4. The van der Waals surface area contributed by atoms with Crippen LogP contribution in [0.3, 0.4) is 0 Å². The lowest BCUT2D eigenvalue weighted by Crippen LogP contribution is -3.00. The number of rotatable bonds is 5. The molecule has 0 amide bonds. The van der Waals surface area contributed by atoms with Gasteiger partial charge >= 0.3 is 0 Å². The largest absolute Gasteiger partial charge is 1.00 e. The van der Waals surface area contributed by atoms with Gasteiger partial charge in [-0.05, 0) is 11.1 Å². The van der Waals surface area contributed by atoms with E-state index in [0.29, 0.717) is 0 Å². The Balaban J connectivity index is 0.00000161. The van der Waals surface area contributed by atoms with Crippen LogP contribution in [0.5, 0.6) is 0 Å². The Morgan fingerprint density at radius 2 is 1.48 bits per heavy atom. The first-order chi connectivity index (χ1) is 9.90. The van der Waals surface area contributed by atoms with Crippen molar-refractivity contribution in [3.63, 3.8) is 0 Å². The van der Waals surface area contributed by atoms with Gasteiger partial charge in [0.15, 0.2) is 0 Å². The SMILES string of the molecule is [Br-].c1ccc(CC[n+]2cnn(Cc3ccccc3)c2)cc1. The molecule has 0 aliphatic heterocycles. The number of aryl methyl sites for hydroxylation is 2. The van der Waals surface area contributed by atoms with E-state index in [4.69, 9.17) is 0 Å². The lowest BCUT2D eigenvalue weighted by molar-refractivity contribution is -0.697. The highest BCUT2D eigenvalue weighted by Gasteiger charge is 2.06. The lowest BCUT2D eigenvalue weighted by atomic mass is 10.1. The summed E-state index contributed by atoms with van der Waals surface area (Å²) in [6, 6.07) is 20.9. The summed E-state index contributed by atoms with van der Waals surface area (Å²) >= 11 is 0. The molecule has 0 radical (unpaired) electrons. The second-order valence-electron chi connectivity index (χ2n) is 4.90. The van der Waals surface area contributed by atoms with Crippen LogP contribution < -0.4 is 21.5 Å². The summed E-state index contributed by atoms with van der Waals surface area (Å²) in [5.74, 6) is 0. The van der Waals surface area contributed by atoms with Gasteiger partial charge in [-0.1, -0.05) is 60.7 Å². The van der Waals surface area contributed by atoms with Crippen molar-refractivity contribution in [3.05, 3.63) is 84.4 Å². The molecule has 4 heteroatoms. The maximum absolute atomic E-state index is 4.40. The van der Waals surface area contributed by atoms with Crippen LogP contribution in [-0.4, -0.2) is 9.78 Å². The minimum atomic E-state index is 0. The van der Waals surface area contributed by atoms with Gasteiger partial charge in [0.1, 0.15) is 6.54 Å². The highest BCUT2D eigenvalue weighted by Crippen LogP contribution is 2.01. The summed E-state index contributed by atoms with van der Waals surface area (Å²) in [6.45, 7) is 1.78. The number of benzene rings is 2. The molecular formula is C17H18BrN3. The number of nitrogens with zero attached hydrogens (tertiary/aromatic N) is 3. The summed E-state index contributed by atoms with van der Waals surface area (Å²) < 4.78 is 4.11. The predicted molar refractivity (Wildman–Crippen MR) is 78.1 cm³/mol. The molecule has 21 heavy (non-hydrogen) atoms. The topological polar surface area (TPSA) is 21.7 Å². The lowest BCUT2D eigenvalue weighted by Gasteiger charge is -1.98. The van der Waals surface area contributed by atoms with Crippen LogP contribution >= 0.6 is 0 Å². The van der Waals surface area contributed by atoms with Crippen LogP contribution in [0.25, 0.3) is 0 Å². The second kappa shape index (κ2) is 7.74. The normalized spacial score (nSPS) is 10.1. The van der Waals surface area contributed by atoms with E-state index in [0.717, 1.165) is 19.5 Å². The van der Waals surface area contributed by atoms with Crippen molar-refractivity contribution in [3.8, 4) is 0 Å². The molecular weight excluding hydrogens is 326 g/mol. The fourth-order valence-corrected chi connectivity index (χ4v) is 2.23. The van der Waals surface area contributed by atoms with Crippen LogP contribution in [0.2, 0.25) is 0 Å². The molecule has 0 atom stereocenters. The van der Waals surface area contributed by atoms with Crippen LogP contribution in [-0.2, 0) is 19.5 Å². The van der Waals surface area contributed by atoms with Crippen LogP contribution in [0.15, 0.2) is 73.3 Å². The van der Waals surface area contributed by atoms with Crippen molar-refractivity contribution >= 4 is 0 Å². The third-order valence-electron chi connectivity index (χ3n) is 3.32. The average Bonchev–Trinajstić information content (AvgIpc) is 2.95. The van der Waals surface area contributed by atoms with Crippen molar-refractivity contribution in [2.45, 2.75) is 19.5 Å². The summed E-state index contributed by atoms with van der Waals surface area (Å²) in [7, 11) is 0. The molecule has 2 aromatic carbocycles. The number of hydrogen-bond acceptors (Lipinski definition) is 1. The zero-order chi connectivity index (χ0) is 13.6. The molecule has 0 aliphatic rings. The van der Waals surface area contributed by atoms with Crippen molar-refractivity contribution in [1.29, 1.82) is 0 Å². The molecule has 1 heterocycles. The zero-order valence-electron chi connectivity index (χ0n) is 11.8. The van der Waals surface area contributed by atoms with E-state index in [2.05, 4.69) is 70.6 Å². The molecule has 0 saturated carbocycles. The minimum absolute atomic E-state index is 0. The minimum Gasteiger partial charge on any atom is -1.00 e. The molecule has 0 aliphatic carbocycles. The predicted octanol–water partition coefficient (Wildman–Crippen LogP) is -0.534. The van der Waals surface area contributed by atoms with E-state index < -0.39 is 0 Å². The summed E-state index contributed by atoms with van der Waals surface area (Å²) in [5.41, 5.74) is 2.63. The molecule has 108 valence electrons. The van der Waals surface area contributed by atoms with E-state index >= 15 is 0 Å². The fourth-order valence-electron chi connectivity index (χ4n) is 2.23. The van der Waals surface area contributed by atoms with E-state index in [1.807, 2.05) is 17.1 Å². The third-order valence-corrected chi connectivity index (χ3v) is 3.32. The molecule has 0 bridgehead atoms. The second-order valence-corrected chi connectivity index (χ2v) is 4.90. The third kappa shape index (κ3) is 4.53. The first-order valence-corrected chi connectivity index (χ1v) is 6.89. The maximum atomic E-state index is 4.40. The van der Waals surface area contributed by atoms with Gasteiger partial charge in [0.2, 0.25) is 6.33 Å². The van der Waals surface area contributed by atoms with Gasteiger partial charge in [-0.2, -0.15) is 0 Å². The Morgan fingerprint density at radius 3 is 2.14 bits per heavy atom. The van der Waals surface area contributed by atoms with E-state index in [9.17, 15) is 0 Å². The monoisotopic (exact) mass is 343 g/mol. The van der Waals surface area contributed by atoms with Gasteiger partial charge in [-0.15, -0.1) is 4.68 Å². The van der Waals surface area contributed by atoms with Gasteiger partial charge < -0.3 is 17.0 Å². The molecule has 0 fully saturated rings. The number of hydrogen-bond donors (Lipinski definition) is 0. The van der Waals surface area contributed by atoms with Gasteiger partial charge in [-0.3, -0.25) is 0 Å². The average molecular weight is 344 g/mol. The number of aromatic nitrogens is 3. The van der Waals surface area contributed by atoms with Gasteiger partial charge in [0.05, 0.1) is 6.54 Å².